The summed E-state index contributed by atoms with van der Waals surface area (Å²) in [4.78, 5) is 51.3. The van der Waals surface area contributed by atoms with Crippen LogP contribution in [0, 0.1) is 0 Å². The number of phosphoric ester groups is 1. The van der Waals surface area contributed by atoms with Crippen LogP contribution >= 0.6 is 15.6 Å². The van der Waals surface area contributed by atoms with Crippen molar-refractivity contribution in [3.05, 3.63) is 27.0 Å². The summed E-state index contributed by atoms with van der Waals surface area (Å²) in [5.74, 6) is -1.12. The summed E-state index contributed by atoms with van der Waals surface area (Å²) in [5.41, 5.74) is -2.62. The van der Waals surface area contributed by atoms with Crippen molar-refractivity contribution < 1.29 is 172 Å². The van der Waals surface area contributed by atoms with Crippen LogP contribution in [0.1, 0.15) is 6.23 Å². The fourth-order valence-electron chi connectivity index (χ4n) is 2.08. The molecule has 18 nitrogen and oxygen atoms in total. The molecule has 0 aliphatic carbocycles. The van der Waals surface area contributed by atoms with Crippen molar-refractivity contribution in [3.63, 3.8) is 0 Å². The molecule has 0 radical (unpaired) electrons. The molecule has 0 amide bonds. The number of hydrogen-bond donors (Lipinski definition) is 5. The van der Waals surface area contributed by atoms with Crippen LogP contribution in [0.3, 0.4) is 0 Å². The van der Waals surface area contributed by atoms with E-state index in [1.165, 1.54) is 0 Å². The first-order valence-electron chi connectivity index (χ1n) is 6.57. The zero-order valence-corrected chi connectivity index (χ0v) is 23.9. The van der Waals surface area contributed by atoms with Crippen molar-refractivity contribution in [1.82, 2.24) is 9.55 Å². The van der Waals surface area contributed by atoms with Gasteiger partial charge in [-0.2, -0.15) is 4.31 Å². The average molecular weight is 550 g/mol. The van der Waals surface area contributed by atoms with E-state index >= 15 is 0 Å². The van der Waals surface area contributed by atoms with Gasteiger partial charge in [0.1, 0.15) is 0 Å². The number of aliphatic hydroxyl groups excluding tert-OH is 1. The third-order valence-electron chi connectivity index (χ3n) is 3.11. The largest absolute Gasteiger partial charge is 1.00 e. The molecule has 172 valence electrons. The standard InChI is InChI=1S/C9H12N2O13P2.2K.3H2O/c12-2-4-5(13)6(14)8(22-4)11-1-3(7(15)10-9(11)16)23-26(20,21)24-25(17,18)19;;;;;/h1,4-6,8,14H,2H2,(H,20,21)(H,10,15,16)(H2,17,18,19);;;3*1H2/q-2;2*+1;;;/t4-,5-,6-,8-;;;;;/m1...../s1. The Labute approximate surface area is 257 Å². The van der Waals surface area contributed by atoms with Crippen LogP contribution < -0.4 is 129 Å². The Bertz CT molecular complexity index is 887. The molecule has 2 rings (SSSR count). The monoisotopic (exact) mass is 550 g/mol. The van der Waals surface area contributed by atoms with Crippen molar-refractivity contribution in [2.45, 2.75) is 24.5 Å². The minimum Gasteiger partial charge on any atom is -0.853 e. The Balaban J connectivity index is -0.000000729. The first-order chi connectivity index (χ1) is 11.8. The molecule has 0 bridgehead atoms. The van der Waals surface area contributed by atoms with Gasteiger partial charge in [0.2, 0.25) is 5.75 Å². The van der Waals surface area contributed by atoms with Gasteiger partial charge in [0.15, 0.2) is 6.23 Å². The molecule has 1 aliphatic heterocycles. The second kappa shape index (κ2) is 15.7. The maximum Gasteiger partial charge on any atom is 1.00 e. The fraction of sp³-hybridized carbons (Fsp3) is 0.556. The molecule has 11 N–H and O–H groups in total. The number of nitrogens with zero attached hydrogens (tertiary/aromatic N) is 1. The van der Waals surface area contributed by atoms with E-state index in [9.17, 15) is 38.9 Å². The number of H-pyrrole nitrogens is 1. The molecule has 1 aromatic rings. The zero-order valence-electron chi connectivity index (χ0n) is 15.9. The Morgan fingerprint density at radius 1 is 1.16 bits per heavy atom. The molecule has 0 aromatic carbocycles. The molecular formula is C9H18K2N2O16P2. The Morgan fingerprint density at radius 2 is 1.68 bits per heavy atom. The predicted molar refractivity (Wildman–Crippen MR) is 84.3 cm³/mol. The molecule has 22 heteroatoms. The van der Waals surface area contributed by atoms with Crippen molar-refractivity contribution >= 4 is 15.6 Å². The second-order valence-electron chi connectivity index (χ2n) is 4.98. The Kier molecular flexibility index (Phi) is 20.2. The molecule has 1 fully saturated rings. The number of ether oxygens (including phenoxy) is 1. The Hall–Kier alpha value is 1.77. The number of hydrogen-bond acceptors (Lipinski definition) is 10. The topological polar surface area (TPSA) is 338 Å². The quantitative estimate of drug-likeness (QED) is 0.162. The maximum atomic E-state index is 11.8. The van der Waals surface area contributed by atoms with Crippen LogP contribution in [0.25, 0.3) is 0 Å². The Morgan fingerprint density at radius 3 is 2.10 bits per heavy atom. The van der Waals surface area contributed by atoms with E-state index in [0.717, 1.165) is 0 Å². The molecule has 1 aromatic heterocycles. The van der Waals surface area contributed by atoms with Crippen LogP contribution in [-0.2, 0) is 18.2 Å². The van der Waals surface area contributed by atoms with Gasteiger partial charge in [-0.1, -0.05) is 6.10 Å². The van der Waals surface area contributed by atoms with Gasteiger partial charge in [-0.25, -0.2) is 13.9 Å². The van der Waals surface area contributed by atoms with Gasteiger partial charge < -0.3 is 50.8 Å². The summed E-state index contributed by atoms with van der Waals surface area (Å²) in [6.07, 6.45) is -6.54. The summed E-state index contributed by atoms with van der Waals surface area (Å²) in [7, 11) is -11.0. The third-order valence-corrected chi connectivity index (χ3v) is 5.21. The predicted octanol–water partition coefficient (Wildman–Crippen LogP) is -13.0. The van der Waals surface area contributed by atoms with Gasteiger partial charge in [0.05, 0.1) is 12.3 Å². The van der Waals surface area contributed by atoms with Crippen LogP contribution in [0.5, 0.6) is 5.75 Å². The molecule has 1 saturated heterocycles. The third kappa shape index (κ3) is 10.9. The van der Waals surface area contributed by atoms with E-state index in [1.807, 2.05) is 0 Å². The first kappa shape index (κ1) is 40.0. The van der Waals surface area contributed by atoms with Gasteiger partial charge >= 0.3 is 124 Å². The van der Waals surface area contributed by atoms with Crippen molar-refractivity contribution in [1.29, 1.82) is 0 Å². The van der Waals surface area contributed by atoms with E-state index in [0.29, 0.717) is 10.8 Å². The van der Waals surface area contributed by atoms with Crippen LogP contribution in [0.15, 0.2) is 15.8 Å². The minimum atomic E-state index is -5.49. The molecule has 2 heterocycles. The van der Waals surface area contributed by atoms with Gasteiger partial charge in [-0.3, -0.25) is 19.2 Å². The minimum absolute atomic E-state index is 0. The summed E-state index contributed by atoms with van der Waals surface area (Å²) in [6, 6.07) is 0. The van der Waals surface area contributed by atoms with E-state index in [-0.39, 0.29) is 119 Å². The molecule has 1 aliphatic rings. The zero-order chi connectivity index (χ0) is 19.9. The summed E-state index contributed by atoms with van der Waals surface area (Å²) in [5, 5.41) is 32.3. The molecule has 1 unspecified atom stereocenters. The van der Waals surface area contributed by atoms with E-state index in [4.69, 9.17) is 14.5 Å². The number of nitrogens with one attached hydrogen (secondary N) is 1. The smallest absolute Gasteiger partial charge is 0.853 e. The van der Waals surface area contributed by atoms with Crippen LogP contribution in [-0.4, -0.2) is 70.7 Å². The average Bonchev–Trinajstić information content (AvgIpc) is 2.75. The van der Waals surface area contributed by atoms with Gasteiger partial charge in [0.25, 0.3) is 5.56 Å². The molecule has 31 heavy (non-hydrogen) atoms. The second-order valence-corrected chi connectivity index (χ2v) is 7.73. The summed E-state index contributed by atoms with van der Waals surface area (Å²) >= 11 is 0. The number of rotatable bonds is 6. The number of phosphoric acid groups is 2. The van der Waals surface area contributed by atoms with E-state index < -0.39 is 63.8 Å². The maximum absolute atomic E-state index is 11.8. The summed E-state index contributed by atoms with van der Waals surface area (Å²) < 4.78 is 35.1. The van der Waals surface area contributed by atoms with Gasteiger partial charge in [-0.15, -0.1) is 6.61 Å². The van der Waals surface area contributed by atoms with Crippen LogP contribution in [0.2, 0.25) is 0 Å². The van der Waals surface area contributed by atoms with Gasteiger partial charge in [0, 0.05) is 6.10 Å². The van der Waals surface area contributed by atoms with Crippen LogP contribution in [0.4, 0.5) is 0 Å². The van der Waals surface area contributed by atoms with Crippen molar-refractivity contribution in [2.24, 2.45) is 0 Å². The van der Waals surface area contributed by atoms with Gasteiger partial charge in [-0.05, 0) is 0 Å². The van der Waals surface area contributed by atoms with Crippen molar-refractivity contribution in [2.75, 3.05) is 6.61 Å². The van der Waals surface area contributed by atoms with Crippen molar-refractivity contribution in [3.8, 4) is 5.75 Å². The molecule has 0 saturated carbocycles. The normalized spacial score (nSPS) is 24.1. The number of aromatic amines is 1. The molecule has 0 spiro atoms. The van der Waals surface area contributed by atoms with E-state index in [1.54, 1.807) is 4.98 Å². The summed E-state index contributed by atoms with van der Waals surface area (Å²) in [6.45, 7) is -1.02. The SMILES string of the molecule is O.O.O.O=c1[nH]c(=O)n([C@@H]2O[C@H](C[O-])[C@@H]([O-])[C@H]2O)cc1OP(=O)(O)OP(=O)(O)O.[K+].[K+]. The molecule has 5 atom stereocenters. The first-order valence-corrected chi connectivity index (χ1v) is 9.59. The fourth-order valence-corrected chi connectivity index (χ4v) is 3.67. The number of aliphatic hydroxyl groups is 1. The molecular weight excluding hydrogens is 532 g/mol. The number of aromatic nitrogens is 2. The van der Waals surface area contributed by atoms with E-state index in [2.05, 4.69) is 8.83 Å².